The topological polar surface area (TPSA) is 64.8 Å². The maximum Gasteiger partial charge on any atom is 0.146 e. The van der Waals surface area contributed by atoms with Crippen molar-refractivity contribution in [1.29, 1.82) is 0 Å². The average molecular weight is 431 g/mol. The van der Waals surface area contributed by atoms with E-state index in [1.54, 1.807) is 54.3 Å². The first kappa shape index (κ1) is 20.7. The van der Waals surface area contributed by atoms with Gasteiger partial charge in [0.1, 0.15) is 23.5 Å². The van der Waals surface area contributed by atoms with E-state index in [1.165, 1.54) is 6.07 Å². The van der Waals surface area contributed by atoms with Gasteiger partial charge in [0.25, 0.3) is 0 Å². The van der Waals surface area contributed by atoms with Crippen LogP contribution in [-0.2, 0) is 13.6 Å². The molecule has 1 aliphatic rings. The number of nitrogens with zero attached hydrogens (tertiary/aromatic N) is 4. The number of rotatable bonds is 5. The van der Waals surface area contributed by atoms with E-state index in [9.17, 15) is 14.6 Å². The van der Waals surface area contributed by atoms with Crippen molar-refractivity contribution in [2.24, 2.45) is 7.05 Å². The van der Waals surface area contributed by atoms with Crippen molar-refractivity contribution in [3.05, 3.63) is 76.6 Å². The number of hydrogen-bond acceptors (Lipinski definition) is 5. The number of aliphatic hydroxyl groups excluding tert-OH is 1. The van der Waals surface area contributed by atoms with Gasteiger partial charge in [-0.25, -0.2) is 9.37 Å². The Balaban J connectivity index is 1.51. The lowest BCUT2D eigenvalue weighted by molar-refractivity contribution is 0.205. The number of hydrogen-bond donors (Lipinski definition) is 2. The van der Waals surface area contributed by atoms with Gasteiger partial charge in [0.2, 0.25) is 0 Å². The van der Waals surface area contributed by atoms with E-state index < -0.39 is 6.10 Å². The summed E-state index contributed by atoms with van der Waals surface area (Å²) in [5.74, 6) is 0.329. The van der Waals surface area contributed by atoms with Gasteiger partial charge in [0.05, 0.1) is 5.69 Å². The van der Waals surface area contributed by atoms with E-state index in [1.807, 2.05) is 4.90 Å². The standard InChI is InChI=1S/C22H24ClFN4O2/c1-26-8-7-25-22(26)21(30)17-3-2-4-18(24)20(17)28-11-9-27(10-12-28)14-15-13-16(23)5-6-19(15)29/h2-8,13,21,29-30H,9-12,14H2,1H3. The number of phenolic OH excluding ortho intramolecular Hbond substituents is 1. The number of aromatic nitrogens is 2. The molecule has 1 aliphatic heterocycles. The Morgan fingerprint density at radius 1 is 1.17 bits per heavy atom. The van der Waals surface area contributed by atoms with Gasteiger partial charge in [-0.05, 0) is 24.3 Å². The van der Waals surface area contributed by atoms with Crippen LogP contribution in [0.25, 0.3) is 0 Å². The Labute approximate surface area is 179 Å². The molecule has 1 unspecified atom stereocenters. The Bertz CT molecular complexity index is 1030. The molecule has 1 aromatic heterocycles. The number of para-hydroxylation sites is 1. The van der Waals surface area contributed by atoms with Gasteiger partial charge in [-0.1, -0.05) is 23.7 Å². The number of phenols is 1. The first-order valence-corrected chi connectivity index (χ1v) is 10.2. The minimum absolute atomic E-state index is 0.219. The van der Waals surface area contributed by atoms with Crippen molar-refractivity contribution in [1.82, 2.24) is 14.5 Å². The van der Waals surface area contributed by atoms with Gasteiger partial charge in [-0.15, -0.1) is 0 Å². The fourth-order valence-electron chi connectivity index (χ4n) is 3.92. The summed E-state index contributed by atoms with van der Waals surface area (Å²) in [6.45, 7) is 3.15. The Hall–Kier alpha value is -2.61. The Morgan fingerprint density at radius 3 is 2.63 bits per heavy atom. The van der Waals surface area contributed by atoms with Crippen molar-refractivity contribution in [2.45, 2.75) is 12.6 Å². The number of anilines is 1. The van der Waals surface area contributed by atoms with Crippen molar-refractivity contribution < 1.29 is 14.6 Å². The second-order valence-corrected chi connectivity index (χ2v) is 7.95. The van der Waals surface area contributed by atoms with Crippen molar-refractivity contribution >= 4 is 17.3 Å². The highest BCUT2D eigenvalue weighted by Gasteiger charge is 2.27. The molecule has 6 nitrogen and oxygen atoms in total. The molecule has 0 spiro atoms. The normalized spacial score (nSPS) is 16.1. The van der Waals surface area contributed by atoms with Crippen LogP contribution in [0.3, 0.4) is 0 Å². The van der Waals surface area contributed by atoms with Crippen LogP contribution in [0.5, 0.6) is 5.75 Å². The second-order valence-electron chi connectivity index (χ2n) is 7.51. The molecule has 30 heavy (non-hydrogen) atoms. The van der Waals surface area contributed by atoms with Crippen LogP contribution in [0.2, 0.25) is 5.02 Å². The zero-order valence-electron chi connectivity index (χ0n) is 16.7. The Kier molecular flexibility index (Phi) is 5.94. The molecule has 0 amide bonds. The fourth-order valence-corrected chi connectivity index (χ4v) is 4.11. The van der Waals surface area contributed by atoms with E-state index in [4.69, 9.17) is 11.6 Å². The summed E-state index contributed by atoms with van der Waals surface area (Å²) in [5, 5.41) is 21.5. The predicted molar refractivity (Wildman–Crippen MR) is 114 cm³/mol. The molecular formula is C22H24ClFN4O2. The minimum atomic E-state index is -1.02. The fraction of sp³-hybridized carbons (Fsp3) is 0.318. The molecule has 0 radical (unpaired) electrons. The molecule has 2 N–H and O–H groups in total. The molecule has 1 fully saturated rings. The zero-order chi connectivity index (χ0) is 21.3. The van der Waals surface area contributed by atoms with Crippen molar-refractivity contribution in [2.75, 3.05) is 31.1 Å². The maximum absolute atomic E-state index is 14.8. The van der Waals surface area contributed by atoms with E-state index in [0.29, 0.717) is 54.8 Å². The molecule has 8 heteroatoms. The molecule has 0 bridgehead atoms. The molecule has 158 valence electrons. The lowest BCUT2D eigenvalue weighted by Crippen LogP contribution is -2.46. The maximum atomic E-state index is 14.8. The smallest absolute Gasteiger partial charge is 0.146 e. The highest BCUT2D eigenvalue weighted by Crippen LogP contribution is 2.33. The van der Waals surface area contributed by atoms with Gasteiger partial charge in [-0.3, -0.25) is 4.90 Å². The second kappa shape index (κ2) is 8.63. The van der Waals surface area contributed by atoms with E-state index >= 15 is 0 Å². The predicted octanol–water partition coefficient (Wildman–Crippen LogP) is 3.32. The van der Waals surface area contributed by atoms with Crippen LogP contribution < -0.4 is 4.90 Å². The van der Waals surface area contributed by atoms with Crippen LogP contribution in [-0.4, -0.2) is 50.8 Å². The number of piperazine rings is 1. The van der Waals surface area contributed by atoms with E-state index in [2.05, 4.69) is 9.88 Å². The minimum Gasteiger partial charge on any atom is -0.508 e. The van der Waals surface area contributed by atoms with Gasteiger partial charge < -0.3 is 19.7 Å². The summed E-state index contributed by atoms with van der Waals surface area (Å²) in [6, 6.07) is 9.79. The number of halogens is 2. The van der Waals surface area contributed by atoms with Gasteiger partial charge in [0.15, 0.2) is 0 Å². The highest BCUT2D eigenvalue weighted by molar-refractivity contribution is 6.30. The molecule has 0 saturated carbocycles. The molecule has 1 atom stereocenters. The number of imidazole rings is 1. The summed E-state index contributed by atoms with van der Waals surface area (Å²) in [7, 11) is 1.80. The first-order chi connectivity index (χ1) is 14.4. The lowest BCUT2D eigenvalue weighted by Gasteiger charge is -2.37. The molecule has 1 saturated heterocycles. The number of aryl methyl sites for hydroxylation is 1. The third kappa shape index (κ3) is 4.14. The molecule has 0 aliphatic carbocycles. The first-order valence-electron chi connectivity index (χ1n) is 9.82. The van der Waals surface area contributed by atoms with Crippen LogP contribution in [0.1, 0.15) is 23.1 Å². The van der Waals surface area contributed by atoms with E-state index in [0.717, 1.165) is 5.56 Å². The number of aromatic hydroxyl groups is 1. The molecule has 3 aromatic rings. The zero-order valence-corrected chi connectivity index (χ0v) is 17.4. The van der Waals surface area contributed by atoms with Gasteiger partial charge in [-0.2, -0.15) is 0 Å². The van der Waals surface area contributed by atoms with E-state index in [-0.39, 0.29) is 11.6 Å². The van der Waals surface area contributed by atoms with Gasteiger partial charge in [0, 0.05) is 68.3 Å². The molecule has 2 heterocycles. The highest BCUT2D eigenvalue weighted by atomic mass is 35.5. The van der Waals surface area contributed by atoms with Crippen LogP contribution >= 0.6 is 11.6 Å². The van der Waals surface area contributed by atoms with Crippen molar-refractivity contribution in [3.8, 4) is 5.75 Å². The summed E-state index contributed by atoms with van der Waals surface area (Å²) in [5.41, 5.74) is 1.69. The third-order valence-corrected chi connectivity index (χ3v) is 5.77. The molecule has 2 aromatic carbocycles. The summed E-state index contributed by atoms with van der Waals surface area (Å²) >= 11 is 6.05. The largest absolute Gasteiger partial charge is 0.508 e. The third-order valence-electron chi connectivity index (χ3n) is 5.54. The summed E-state index contributed by atoms with van der Waals surface area (Å²) in [6.07, 6.45) is 2.35. The van der Waals surface area contributed by atoms with Crippen LogP contribution in [0.15, 0.2) is 48.8 Å². The Morgan fingerprint density at radius 2 is 1.93 bits per heavy atom. The summed E-state index contributed by atoms with van der Waals surface area (Å²) in [4.78, 5) is 8.37. The molecule has 4 rings (SSSR count). The summed E-state index contributed by atoms with van der Waals surface area (Å²) < 4.78 is 16.6. The van der Waals surface area contributed by atoms with Gasteiger partial charge >= 0.3 is 0 Å². The van der Waals surface area contributed by atoms with Crippen LogP contribution in [0, 0.1) is 5.82 Å². The van der Waals surface area contributed by atoms with Crippen LogP contribution in [0.4, 0.5) is 10.1 Å². The lowest BCUT2D eigenvalue weighted by atomic mass is 10.0. The number of aliphatic hydroxyl groups is 1. The average Bonchev–Trinajstić information content (AvgIpc) is 3.16. The monoisotopic (exact) mass is 430 g/mol. The van der Waals surface area contributed by atoms with Crippen molar-refractivity contribution in [3.63, 3.8) is 0 Å². The molecular weight excluding hydrogens is 407 g/mol. The SMILES string of the molecule is Cn1ccnc1C(O)c1cccc(F)c1N1CCN(Cc2cc(Cl)ccc2O)CC1. The number of benzene rings is 2. The quantitative estimate of drug-likeness (QED) is 0.650.